The van der Waals surface area contributed by atoms with Gasteiger partial charge in [0.25, 0.3) is 0 Å². The molecule has 0 heterocycles. The third kappa shape index (κ3) is 4.18. The highest BCUT2D eigenvalue weighted by Gasteiger charge is 2.59. The van der Waals surface area contributed by atoms with Crippen LogP contribution in [0.2, 0.25) is 0 Å². The molecule has 0 N–H and O–H groups in total. The van der Waals surface area contributed by atoms with Crippen LogP contribution in [0.15, 0.2) is 0 Å². The quantitative estimate of drug-likeness (QED) is 0.394. The molecule has 0 nitrogen and oxygen atoms in total. The number of rotatable bonds is 6. The fourth-order valence-corrected chi connectivity index (χ4v) is 10.7. The maximum atomic E-state index is 2.77. The van der Waals surface area contributed by atoms with E-state index in [0.717, 1.165) is 46.8 Å². The minimum atomic E-state index is 0. The average molecular weight is 429 g/mol. The van der Waals surface area contributed by atoms with Crippen molar-refractivity contribution in [2.45, 2.75) is 143 Å². The zero-order valence-electron chi connectivity index (χ0n) is 21.5. The van der Waals surface area contributed by atoms with Crippen molar-refractivity contribution in [1.82, 2.24) is 0 Å². The topological polar surface area (TPSA) is 0 Å². The van der Waals surface area contributed by atoms with E-state index in [-0.39, 0.29) is 1.43 Å². The van der Waals surface area contributed by atoms with E-state index in [1.165, 1.54) is 25.7 Å². The molecule has 0 aromatic heterocycles. The van der Waals surface area contributed by atoms with Crippen LogP contribution in [-0.4, -0.2) is 0 Å². The van der Waals surface area contributed by atoms with Gasteiger partial charge in [0.2, 0.25) is 0 Å². The average Bonchev–Trinajstić information content (AvgIpc) is 3.11. The maximum absolute atomic E-state index is 2.77. The van der Waals surface area contributed by atoms with E-state index < -0.39 is 0 Å². The second-order valence-corrected chi connectivity index (χ2v) is 13.8. The Morgan fingerprint density at radius 2 is 1.39 bits per heavy atom. The Balaban J connectivity index is 0.00000245. The SMILES string of the molecule is CCCC1CCC(CCCC2CCC3C4CCC5CCCCC5(C)C4CCC23C)CC1.[HH]. The Hall–Kier alpha value is 0. The van der Waals surface area contributed by atoms with Crippen LogP contribution in [0.5, 0.6) is 0 Å². The third-order valence-corrected chi connectivity index (χ3v) is 12.6. The van der Waals surface area contributed by atoms with Crippen LogP contribution < -0.4 is 0 Å². The van der Waals surface area contributed by atoms with Crippen LogP contribution in [0.1, 0.15) is 144 Å². The van der Waals surface area contributed by atoms with Gasteiger partial charge in [0, 0.05) is 1.43 Å². The van der Waals surface area contributed by atoms with Gasteiger partial charge in [0.1, 0.15) is 0 Å². The first kappa shape index (κ1) is 22.8. The summed E-state index contributed by atoms with van der Waals surface area (Å²) in [6.45, 7) is 7.89. The summed E-state index contributed by atoms with van der Waals surface area (Å²) in [5, 5.41) is 0. The molecule has 0 spiro atoms. The molecule has 0 bridgehead atoms. The Kier molecular flexibility index (Phi) is 6.86. The molecule has 7 unspecified atom stereocenters. The summed E-state index contributed by atoms with van der Waals surface area (Å²) in [5.74, 6) is 7.56. The van der Waals surface area contributed by atoms with E-state index in [9.17, 15) is 0 Å². The fourth-order valence-electron chi connectivity index (χ4n) is 10.7. The van der Waals surface area contributed by atoms with Gasteiger partial charge >= 0.3 is 0 Å². The van der Waals surface area contributed by atoms with Crippen molar-refractivity contribution >= 4 is 0 Å². The summed E-state index contributed by atoms with van der Waals surface area (Å²) in [6.07, 6.45) is 29.5. The van der Waals surface area contributed by atoms with E-state index in [0.29, 0.717) is 5.41 Å². The molecule has 0 aromatic rings. The third-order valence-electron chi connectivity index (χ3n) is 12.6. The molecule has 5 fully saturated rings. The molecular weight excluding hydrogens is 372 g/mol. The molecule has 0 aliphatic heterocycles. The fraction of sp³-hybridized carbons (Fsp3) is 1.00. The summed E-state index contributed by atoms with van der Waals surface area (Å²) in [6, 6.07) is 0. The largest absolute Gasteiger partial charge is 0.0654 e. The van der Waals surface area contributed by atoms with Gasteiger partial charge in [-0.15, -0.1) is 0 Å². The Morgan fingerprint density at radius 1 is 0.645 bits per heavy atom. The zero-order valence-corrected chi connectivity index (χ0v) is 21.5. The summed E-state index contributed by atoms with van der Waals surface area (Å²) >= 11 is 0. The van der Waals surface area contributed by atoms with E-state index in [1.54, 1.807) is 96.3 Å². The van der Waals surface area contributed by atoms with Crippen LogP contribution in [0, 0.1) is 52.3 Å². The second-order valence-electron chi connectivity index (χ2n) is 13.8. The van der Waals surface area contributed by atoms with Gasteiger partial charge in [0.15, 0.2) is 0 Å². The molecule has 5 aliphatic carbocycles. The van der Waals surface area contributed by atoms with Crippen molar-refractivity contribution in [2.75, 3.05) is 0 Å². The number of hydrogen-bond acceptors (Lipinski definition) is 0. The standard InChI is InChI=1S/C31H54.H2/c1-4-8-23-12-14-24(15-13-23)9-7-11-26-17-19-28-27-18-16-25-10-5-6-21-30(25,2)29(27)20-22-31(26,28)3;/h23-29H,4-22H2,1-3H3;1H. The van der Waals surface area contributed by atoms with Crippen molar-refractivity contribution in [3.8, 4) is 0 Å². The normalized spacial score (nSPS) is 49.8. The van der Waals surface area contributed by atoms with Crippen LogP contribution in [-0.2, 0) is 0 Å². The van der Waals surface area contributed by atoms with Gasteiger partial charge in [-0.2, -0.15) is 0 Å². The molecule has 5 aliphatic rings. The minimum Gasteiger partial charge on any atom is -0.0654 e. The van der Waals surface area contributed by atoms with Crippen molar-refractivity contribution in [2.24, 2.45) is 52.3 Å². The first-order chi connectivity index (χ1) is 15.0. The molecule has 7 atom stereocenters. The molecule has 5 saturated carbocycles. The molecule has 5 rings (SSSR count). The smallest absolute Gasteiger partial charge is 0 e. The van der Waals surface area contributed by atoms with Crippen molar-refractivity contribution in [3.05, 3.63) is 0 Å². The molecule has 0 saturated heterocycles. The molecule has 0 amide bonds. The Morgan fingerprint density at radius 3 is 2.16 bits per heavy atom. The minimum absolute atomic E-state index is 0. The summed E-state index contributed by atoms with van der Waals surface area (Å²) in [5.41, 5.74) is 1.43. The lowest BCUT2D eigenvalue weighted by molar-refractivity contribution is -0.111. The second kappa shape index (κ2) is 9.33. The van der Waals surface area contributed by atoms with Crippen LogP contribution in [0.3, 0.4) is 0 Å². The highest BCUT2D eigenvalue weighted by Crippen LogP contribution is 2.67. The van der Waals surface area contributed by atoms with Crippen LogP contribution in [0.4, 0.5) is 0 Å². The summed E-state index contributed by atoms with van der Waals surface area (Å²) < 4.78 is 0. The van der Waals surface area contributed by atoms with Crippen LogP contribution >= 0.6 is 0 Å². The highest BCUT2D eigenvalue weighted by molar-refractivity contribution is 5.08. The predicted octanol–water partition coefficient (Wildman–Crippen LogP) is 10.1. The van der Waals surface area contributed by atoms with Gasteiger partial charge in [-0.05, 0) is 110 Å². The lowest BCUT2D eigenvalue weighted by Crippen LogP contribution is -2.52. The molecule has 31 heavy (non-hydrogen) atoms. The molecule has 0 aromatic carbocycles. The summed E-state index contributed by atoms with van der Waals surface area (Å²) in [4.78, 5) is 0. The number of hydrogen-bond donors (Lipinski definition) is 0. The maximum Gasteiger partial charge on any atom is 0 e. The van der Waals surface area contributed by atoms with Gasteiger partial charge in [-0.1, -0.05) is 85.0 Å². The predicted molar refractivity (Wildman–Crippen MR) is 136 cm³/mol. The van der Waals surface area contributed by atoms with E-state index in [1.807, 2.05) is 0 Å². The first-order valence-corrected chi connectivity index (χ1v) is 15.0. The lowest BCUT2D eigenvalue weighted by atomic mass is 9.45. The Bertz CT molecular complexity index is 591. The van der Waals surface area contributed by atoms with Crippen molar-refractivity contribution in [1.29, 1.82) is 0 Å². The molecule has 0 heteroatoms. The highest BCUT2D eigenvalue weighted by atomic mass is 14.6. The monoisotopic (exact) mass is 428 g/mol. The van der Waals surface area contributed by atoms with Gasteiger partial charge in [-0.25, -0.2) is 0 Å². The van der Waals surface area contributed by atoms with Gasteiger partial charge in [0.05, 0.1) is 0 Å². The van der Waals surface area contributed by atoms with E-state index in [2.05, 4.69) is 20.8 Å². The van der Waals surface area contributed by atoms with Gasteiger partial charge < -0.3 is 0 Å². The molecular formula is C31H56. The first-order valence-electron chi connectivity index (χ1n) is 15.0. The van der Waals surface area contributed by atoms with Crippen molar-refractivity contribution < 1.29 is 1.43 Å². The lowest BCUT2D eigenvalue weighted by Gasteiger charge is -2.60. The Labute approximate surface area is 196 Å². The van der Waals surface area contributed by atoms with Crippen LogP contribution in [0.25, 0.3) is 0 Å². The van der Waals surface area contributed by atoms with Crippen molar-refractivity contribution in [3.63, 3.8) is 0 Å². The van der Waals surface area contributed by atoms with Gasteiger partial charge in [-0.3, -0.25) is 0 Å². The molecule has 180 valence electrons. The number of fused-ring (bicyclic) bond motifs is 5. The van der Waals surface area contributed by atoms with E-state index in [4.69, 9.17) is 0 Å². The van der Waals surface area contributed by atoms with E-state index >= 15 is 0 Å². The summed E-state index contributed by atoms with van der Waals surface area (Å²) in [7, 11) is 0. The molecule has 0 radical (unpaired) electrons. The zero-order chi connectivity index (χ0) is 21.5.